The zero-order chi connectivity index (χ0) is 14.4. The van der Waals surface area contributed by atoms with Crippen LogP contribution >= 0.6 is 0 Å². The summed E-state index contributed by atoms with van der Waals surface area (Å²) in [6.07, 6.45) is 7.03. The molecule has 1 aliphatic heterocycles. The maximum absolute atomic E-state index is 10.8. The van der Waals surface area contributed by atoms with Gasteiger partial charge in [-0.1, -0.05) is 19.8 Å². The summed E-state index contributed by atoms with van der Waals surface area (Å²) in [5.74, 6) is 0.824. The minimum absolute atomic E-state index is 0.573. The first-order chi connectivity index (χ1) is 9.78. The largest absolute Gasteiger partial charge is 0.370 e. The van der Waals surface area contributed by atoms with Crippen LogP contribution in [0, 0.1) is 17.2 Å². The van der Waals surface area contributed by atoms with Crippen LogP contribution in [0.15, 0.2) is 18.2 Å². The second-order valence-corrected chi connectivity index (χ2v) is 5.58. The average molecular weight is 270 g/mol. The van der Waals surface area contributed by atoms with Gasteiger partial charge in [0.1, 0.15) is 12.4 Å². The fourth-order valence-electron chi connectivity index (χ4n) is 3.10. The molecular weight excluding hydrogens is 248 g/mol. The Bertz CT molecular complexity index is 504. The third kappa shape index (κ3) is 3.39. The fraction of sp³-hybridized carbons (Fsp3) is 0.529. The van der Waals surface area contributed by atoms with E-state index in [1.807, 2.05) is 6.07 Å². The molecule has 0 aromatic heterocycles. The molecule has 20 heavy (non-hydrogen) atoms. The number of hydrogen-bond acceptors (Lipinski definition) is 3. The zero-order valence-corrected chi connectivity index (χ0v) is 12.1. The van der Waals surface area contributed by atoms with E-state index in [2.05, 4.69) is 17.9 Å². The van der Waals surface area contributed by atoms with Gasteiger partial charge in [0.2, 0.25) is 0 Å². The predicted octanol–water partition coefficient (Wildman–Crippen LogP) is 3.78. The summed E-state index contributed by atoms with van der Waals surface area (Å²) in [6.45, 7) is 4.27. The second kappa shape index (κ2) is 7.09. The minimum atomic E-state index is 0.573. The molecule has 0 amide bonds. The summed E-state index contributed by atoms with van der Waals surface area (Å²) in [6, 6.07) is 7.64. The van der Waals surface area contributed by atoms with Crippen LogP contribution < -0.4 is 4.90 Å². The van der Waals surface area contributed by atoms with Crippen LogP contribution in [0.1, 0.15) is 54.9 Å². The molecule has 3 heteroatoms. The molecule has 1 heterocycles. The molecule has 0 N–H and O–H groups in total. The second-order valence-electron chi connectivity index (χ2n) is 5.58. The van der Waals surface area contributed by atoms with Gasteiger partial charge in [-0.15, -0.1) is 0 Å². The summed E-state index contributed by atoms with van der Waals surface area (Å²) in [4.78, 5) is 13.1. The highest BCUT2D eigenvalue weighted by molar-refractivity contribution is 5.78. The van der Waals surface area contributed by atoms with Crippen molar-refractivity contribution in [2.45, 2.75) is 39.0 Å². The zero-order valence-electron chi connectivity index (χ0n) is 12.1. The number of aldehydes is 1. The monoisotopic (exact) mass is 270 g/mol. The van der Waals surface area contributed by atoms with Crippen molar-refractivity contribution < 1.29 is 4.79 Å². The summed E-state index contributed by atoms with van der Waals surface area (Å²) in [7, 11) is 0. The van der Waals surface area contributed by atoms with E-state index in [1.165, 1.54) is 32.1 Å². The lowest BCUT2D eigenvalue weighted by atomic mass is 9.96. The minimum Gasteiger partial charge on any atom is -0.370 e. The Balaban J connectivity index is 2.15. The number of rotatable bonds is 4. The van der Waals surface area contributed by atoms with Gasteiger partial charge in [-0.2, -0.15) is 5.26 Å². The number of carbonyl (C=O) groups is 1. The van der Waals surface area contributed by atoms with Gasteiger partial charge in [0.05, 0.1) is 11.3 Å². The normalized spacial score (nSPS) is 19.2. The third-order valence-electron chi connectivity index (χ3n) is 4.16. The first kappa shape index (κ1) is 14.6. The van der Waals surface area contributed by atoms with Gasteiger partial charge < -0.3 is 4.90 Å². The Morgan fingerprint density at radius 3 is 2.95 bits per heavy atom. The van der Waals surface area contributed by atoms with Crippen molar-refractivity contribution in [1.29, 1.82) is 5.26 Å². The summed E-state index contributed by atoms with van der Waals surface area (Å²) >= 11 is 0. The Morgan fingerprint density at radius 1 is 1.40 bits per heavy atom. The van der Waals surface area contributed by atoms with E-state index in [0.717, 1.165) is 31.0 Å². The number of hydrogen-bond donors (Lipinski definition) is 0. The number of benzene rings is 1. The lowest BCUT2D eigenvalue weighted by Crippen LogP contribution is -2.25. The molecule has 1 saturated heterocycles. The van der Waals surface area contributed by atoms with Gasteiger partial charge in [-0.25, -0.2) is 0 Å². The van der Waals surface area contributed by atoms with Crippen LogP contribution in [-0.4, -0.2) is 19.4 Å². The number of nitrogens with zero attached hydrogens (tertiary/aromatic N) is 2. The SMILES string of the molecule is CCCC1CCCN(c2ccc(C=O)cc2C#N)CC1. The molecule has 106 valence electrons. The van der Waals surface area contributed by atoms with E-state index in [1.54, 1.807) is 12.1 Å². The summed E-state index contributed by atoms with van der Waals surface area (Å²) in [5, 5.41) is 9.28. The first-order valence-electron chi connectivity index (χ1n) is 7.52. The van der Waals surface area contributed by atoms with Crippen molar-refractivity contribution in [2.75, 3.05) is 18.0 Å². The van der Waals surface area contributed by atoms with Crippen molar-refractivity contribution in [3.05, 3.63) is 29.3 Å². The highest BCUT2D eigenvalue weighted by Gasteiger charge is 2.18. The maximum Gasteiger partial charge on any atom is 0.150 e. The number of anilines is 1. The van der Waals surface area contributed by atoms with Gasteiger partial charge in [-0.3, -0.25) is 4.79 Å². The van der Waals surface area contributed by atoms with Gasteiger partial charge in [0.15, 0.2) is 0 Å². The summed E-state index contributed by atoms with van der Waals surface area (Å²) in [5.41, 5.74) is 2.17. The van der Waals surface area contributed by atoms with Crippen molar-refractivity contribution in [1.82, 2.24) is 0 Å². The third-order valence-corrected chi connectivity index (χ3v) is 4.16. The Labute approximate surface area is 121 Å². The van der Waals surface area contributed by atoms with Crippen LogP contribution in [0.3, 0.4) is 0 Å². The molecule has 3 nitrogen and oxygen atoms in total. The fourth-order valence-corrected chi connectivity index (χ4v) is 3.10. The van der Waals surface area contributed by atoms with E-state index in [0.29, 0.717) is 11.1 Å². The van der Waals surface area contributed by atoms with Crippen LogP contribution in [0.2, 0.25) is 0 Å². The van der Waals surface area contributed by atoms with Crippen LogP contribution in [0.4, 0.5) is 5.69 Å². The molecule has 0 spiro atoms. The molecule has 1 atom stereocenters. The predicted molar refractivity (Wildman–Crippen MR) is 81.0 cm³/mol. The number of nitriles is 1. The number of carbonyl (C=O) groups excluding carboxylic acids is 1. The van der Waals surface area contributed by atoms with Crippen molar-refractivity contribution >= 4 is 12.0 Å². The molecule has 0 radical (unpaired) electrons. The van der Waals surface area contributed by atoms with Gasteiger partial charge in [-0.05, 0) is 43.4 Å². The maximum atomic E-state index is 10.8. The average Bonchev–Trinajstić information content (AvgIpc) is 2.72. The van der Waals surface area contributed by atoms with Crippen molar-refractivity contribution in [3.63, 3.8) is 0 Å². The first-order valence-corrected chi connectivity index (χ1v) is 7.52. The lowest BCUT2D eigenvalue weighted by Gasteiger charge is -2.24. The molecule has 0 aliphatic carbocycles. The topological polar surface area (TPSA) is 44.1 Å². The highest BCUT2D eigenvalue weighted by Crippen LogP contribution is 2.27. The molecule has 1 fully saturated rings. The van der Waals surface area contributed by atoms with E-state index in [9.17, 15) is 10.1 Å². The Morgan fingerprint density at radius 2 is 2.25 bits per heavy atom. The van der Waals surface area contributed by atoms with E-state index >= 15 is 0 Å². The van der Waals surface area contributed by atoms with E-state index < -0.39 is 0 Å². The van der Waals surface area contributed by atoms with Gasteiger partial charge in [0.25, 0.3) is 0 Å². The quantitative estimate of drug-likeness (QED) is 0.782. The standard InChI is InChI=1S/C17H22N2O/c1-2-4-14-5-3-9-19(10-8-14)17-7-6-15(13-20)11-16(17)12-18/h6-7,11,13-14H,2-5,8-10H2,1H3. The molecule has 1 aromatic rings. The van der Waals surface area contributed by atoms with E-state index in [-0.39, 0.29) is 0 Å². The van der Waals surface area contributed by atoms with Crippen LogP contribution in [0.25, 0.3) is 0 Å². The lowest BCUT2D eigenvalue weighted by molar-refractivity contribution is 0.112. The Kier molecular flexibility index (Phi) is 5.17. The molecule has 1 aliphatic rings. The van der Waals surface area contributed by atoms with Gasteiger partial charge >= 0.3 is 0 Å². The van der Waals surface area contributed by atoms with Crippen molar-refractivity contribution in [3.8, 4) is 6.07 Å². The molecule has 0 bridgehead atoms. The molecule has 1 aromatic carbocycles. The van der Waals surface area contributed by atoms with Crippen LogP contribution in [-0.2, 0) is 0 Å². The summed E-state index contributed by atoms with van der Waals surface area (Å²) < 4.78 is 0. The van der Waals surface area contributed by atoms with Gasteiger partial charge in [0, 0.05) is 18.7 Å². The molecular formula is C17H22N2O. The molecule has 1 unspecified atom stereocenters. The van der Waals surface area contributed by atoms with E-state index in [4.69, 9.17) is 0 Å². The molecule has 2 rings (SSSR count). The smallest absolute Gasteiger partial charge is 0.150 e. The van der Waals surface area contributed by atoms with Crippen molar-refractivity contribution in [2.24, 2.45) is 5.92 Å². The highest BCUT2D eigenvalue weighted by atomic mass is 16.1. The molecule has 0 saturated carbocycles. The Hall–Kier alpha value is -1.82. The van der Waals surface area contributed by atoms with Crippen LogP contribution in [0.5, 0.6) is 0 Å².